The van der Waals surface area contributed by atoms with E-state index in [-0.39, 0.29) is 11.4 Å². The van der Waals surface area contributed by atoms with Gasteiger partial charge in [0.05, 0.1) is 18.0 Å². The first-order valence-electron chi connectivity index (χ1n) is 4.55. The van der Waals surface area contributed by atoms with E-state index in [1.807, 2.05) is 27.7 Å². The van der Waals surface area contributed by atoms with Gasteiger partial charge in [0.25, 0.3) is 0 Å². The van der Waals surface area contributed by atoms with Gasteiger partial charge in [-0.05, 0) is 27.7 Å². The first kappa shape index (κ1) is 11.5. The summed E-state index contributed by atoms with van der Waals surface area (Å²) in [5, 5.41) is 10.1. The average molecular weight is 212 g/mol. The molecule has 1 rings (SSSR count). The lowest BCUT2D eigenvalue weighted by atomic mass is 10.2. The van der Waals surface area contributed by atoms with E-state index in [4.69, 9.17) is 5.11 Å². The first-order chi connectivity index (χ1) is 6.44. The standard InChI is InChI=1S/C10H16N2OS/c1-7-5-11-8(2)9(12-7)14-10(3,4)6-13/h5,13H,6H2,1-4H3. The Labute approximate surface area is 89.0 Å². The van der Waals surface area contributed by atoms with Crippen molar-refractivity contribution in [1.82, 2.24) is 9.97 Å². The summed E-state index contributed by atoms with van der Waals surface area (Å²) in [7, 11) is 0. The van der Waals surface area contributed by atoms with Crippen LogP contribution in [0.4, 0.5) is 0 Å². The van der Waals surface area contributed by atoms with Crippen molar-refractivity contribution in [2.24, 2.45) is 0 Å². The molecule has 0 saturated carbocycles. The molecule has 0 fully saturated rings. The van der Waals surface area contributed by atoms with Crippen LogP contribution in [-0.4, -0.2) is 26.4 Å². The highest BCUT2D eigenvalue weighted by Gasteiger charge is 2.20. The normalized spacial score (nSPS) is 11.8. The molecule has 0 aliphatic carbocycles. The molecule has 0 unspecified atom stereocenters. The van der Waals surface area contributed by atoms with Gasteiger partial charge in [0.1, 0.15) is 5.03 Å². The lowest BCUT2D eigenvalue weighted by Gasteiger charge is -2.20. The van der Waals surface area contributed by atoms with Crippen molar-refractivity contribution in [3.8, 4) is 0 Å². The molecule has 0 atom stereocenters. The van der Waals surface area contributed by atoms with Crippen molar-refractivity contribution in [3.05, 3.63) is 17.6 Å². The van der Waals surface area contributed by atoms with Gasteiger partial charge in [0.15, 0.2) is 0 Å². The van der Waals surface area contributed by atoms with Crippen molar-refractivity contribution < 1.29 is 5.11 Å². The Balaban J connectivity index is 2.91. The fourth-order valence-electron chi connectivity index (χ4n) is 0.906. The topological polar surface area (TPSA) is 46.0 Å². The van der Waals surface area contributed by atoms with Crippen LogP contribution in [0, 0.1) is 13.8 Å². The number of aliphatic hydroxyl groups is 1. The molecular formula is C10H16N2OS. The van der Waals surface area contributed by atoms with Crippen LogP contribution in [0.3, 0.4) is 0 Å². The molecule has 0 aliphatic heterocycles. The van der Waals surface area contributed by atoms with E-state index in [0.717, 1.165) is 16.4 Å². The number of hydrogen-bond donors (Lipinski definition) is 1. The quantitative estimate of drug-likeness (QED) is 0.778. The van der Waals surface area contributed by atoms with Crippen molar-refractivity contribution >= 4 is 11.8 Å². The van der Waals surface area contributed by atoms with Crippen molar-refractivity contribution in [1.29, 1.82) is 0 Å². The van der Waals surface area contributed by atoms with Gasteiger partial charge in [-0.15, -0.1) is 0 Å². The molecule has 78 valence electrons. The second-order valence-electron chi connectivity index (χ2n) is 3.92. The third-order valence-corrected chi connectivity index (χ3v) is 3.05. The summed E-state index contributed by atoms with van der Waals surface area (Å²) in [5.41, 5.74) is 1.83. The summed E-state index contributed by atoms with van der Waals surface area (Å²) in [5.74, 6) is 0. The molecule has 0 spiro atoms. The lowest BCUT2D eigenvalue weighted by Crippen LogP contribution is -2.20. The van der Waals surface area contributed by atoms with Crippen LogP contribution >= 0.6 is 11.8 Å². The predicted octanol–water partition coefficient (Wildman–Crippen LogP) is 1.96. The third kappa shape index (κ3) is 2.96. The molecule has 0 saturated heterocycles. The second-order valence-corrected chi connectivity index (χ2v) is 5.62. The van der Waals surface area contributed by atoms with Crippen LogP contribution in [-0.2, 0) is 0 Å². The Kier molecular flexibility index (Phi) is 3.50. The van der Waals surface area contributed by atoms with Crippen LogP contribution < -0.4 is 0 Å². The van der Waals surface area contributed by atoms with Gasteiger partial charge in [-0.1, -0.05) is 11.8 Å². The minimum atomic E-state index is -0.201. The number of hydrogen-bond acceptors (Lipinski definition) is 4. The number of thioether (sulfide) groups is 1. The highest BCUT2D eigenvalue weighted by atomic mass is 32.2. The first-order valence-corrected chi connectivity index (χ1v) is 5.36. The van der Waals surface area contributed by atoms with Gasteiger partial charge in [0.2, 0.25) is 0 Å². The molecule has 0 radical (unpaired) electrons. The van der Waals surface area contributed by atoms with E-state index < -0.39 is 0 Å². The van der Waals surface area contributed by atoms with Crippen molar-refractivity contribution in [3.63, 3.8) is 0 Å². The largest absolute Gasteiger partial charge is 0.395 e. The Bertz CT molecular complexity index is 326. The average Bonchev–Trinajstić information content (AvgIpc) is 2.11. The van der Waals surface area contributed by atoms with E-state index in [1.54, 1.807) is 18.0 Å². The van der Waals surface area contributed by atoms with Gasteiger partial charge in [-0.2, -0.15) is 0 Å². The Morgan fingerprint density at radius 1 is 1.43 bits per heavy atom. The van der Waals surface area contributed by atoms with Gasteiger partial charge in [0, 0.05) is 10.9 Å². The molecule has 1 N–H and O–H groups in total. The number of aliphatic hydroxyl groups excluding tert-OH is 1. The van der Waals surface area contributed by atoms with Gasteiger partial charge in [-0.3, -0.25) is 4.98 Å². The molecule has 0 bridgehead atoms. The number of aryl methyl sites for hydroxylation is 2. The van der Waals surface area contributed by atoms with Crippen LogP contribution in [0.2, 0.25) is 0 Å². The SMILES string of the molecule is Cc1cnc(C)c(SC(C)(C)CO)n1. The zero-order valence-electron chi connectivity index (χ0n) is 9.03. The summed E-state index contributed by atoms with van der Waals surface area (Å²) >= 11 is 1.56. The van der Waals surface area contributed by atoms with Crippen LogP contribution in [0.5, 0.6) is 0 Å². The lowest BCUT2D eigenvalue weighted by molar-refractivity contribution is 0.265. The third-order valence-electron chi connectivity index (χ3n) is 1.79. The van der Waals surface area contributed by atoms with E-state index in [1.165, 1.54) is 0 Å². The molecule has 0 amide bonds. The molecule has 0 aromatic carbocycles. The smallest absolute Gasteiger partial charge is 0.118 e. The molecule has 4 heteroatoms. The summed E-state index contributed by atoms with van der Waals surface area (Å²) in [6.07, 6.45) is 1.76. The molecular weight excluding hydrogens is 196 g/mol. The highest BCUT2D eigenvalue weighted by Crippen LogP contribution is 2.31. The van der Waals surface area contributed by atoms with Crippen molar-refractivity contribution in [2.75, 3.05) is 6.61 Å². The fraction of sp³-hybridized carbons (Fsp3) is 0.600. The highest BCUT2D eigenvalue weighted by molar-refractivity contribution is 8.00. The minimum absolute atomic E-state index is 0.132. The number of nitrogens with zero attached hydrogens (tertiary/aromatic N) is 2. The number of rotatable bonds is 3. The predicted molar refractivity (Wildman–Crippen MR) is 58.5 cm³/mol. The van der Waals surface area contributed by atoms with E-state index in [0.29, 0.717) is 0 Å². The summed E-state index contributed by atoms with van der Waals surface area (Å²) in [6.45, 7) is 7.96. The maximum atomic E-state index is 9.15. The molecule has 1 heterocycles. The fourth-order valence-corrected chi connectivity index (χ4v) is 1.88. The van der Waals surface area contributed by atoms with Gasteiger partial charge >= 0.3 is 0 Å². The second kappa shape index (κ2) is 4.28. The zero-order chi connectivity index (χ0) is 10.8. The minimum Gasteiger partial charge on any atom is -0.395 e. The zero-order valence-corrected chi connectivity index (χ0v) is 9.85. The molecule has 3 nitrogen and oxygen atoms in total. The van der Waals surface area contributed by atoms with Gasteiger partial charge in [-0.25, -0.2) is 4.98 Å². The maximum absolute atomic E-state index is 9.15. The Morgan fingerprint density at radius 2 is 2.07 bits per heavy atom. The Morgan fingerprint density at radius 3 is 2.64 bits per heavy atom. The van der Waals surface area contributed by atoms with Crippen LogP contribution in [0.1, 0.15) is 25.2 Å². The molecule has 0 aliphatic rings. The number of aromatic nitrogens is 2. The molecule has 1 aromatic heterocycles. The molecule has 14 heavy (non-hydrogen) atoms. The van der Waals surface area contributed by atoms with Crippen molar-refractivity contribution in [2.45, 2.75) is 37.5 Å². The summed E-state index contributed by atoms with van der Waals surface area (Å²) in [6, 6.07) is 0. The Hall–Kier alpha value is -0.610. The van der Waals surface area contributed by atoms with Crippen LogP contribution in [0.15, 0.2) is 11.2 Å². The summed E-state index contributed by atoms with van der Waals surface area (Å²) in [4.78, 5) is 8.63. The van der Waals surface area contributed by atoms with Crippen LogP contribution in [0.25, 0.3) is 0 Å². The van der Waals surface area contributed by atoms with E-state index >= 15 is 0 Å². The monoisotopic (exact) mass is 212 g/mol. The van der Waals surface area contributed by atoms with E-state index in [9.17, 15) is 0 Å². The van der Waals surface area contributed by atoms with E-state index in [2.05, 4.69) is 9.97 Å². The summed E-state index contributed by atoms with van der Waals surface area (Å²) < 4.78 is -0.201. The maximum Gasteiger partial charge on any atom is 0.118 e. The van der Waals surface area contributed by atoms with Gasteiger partial charge < -0.3 is 5.11 Å². The molecule has 1 aromatic rings.